The molecule has 0 fully saturated rings. The number of hydrogen-bond acceptors (Lipinski definition) is 3. The maximum atomic E-state index is 2.90. The summed E-state index contributed by atoms with van der Waals surface area (Å²) >= 11 is -3.26. The van der Waals surface area contributed by atoms with Crippen molar-refractivity contribution in [3.8, 4) is 0 Å². The summed E-state index contributed by atoms with van der Waals surface area (Å²) in [6.45, 7) is 23.5. The molecule has 0 saturated carbocycles. The molecule has 3 nitrogen and oxygen atoms in total. The minimum absolute atomic E-state index is 0.261. The summed E-state index contributed by atoms with van der Waals surface area (Å²) in [6.07, 6.45) is 10.9. The van der Waals surface area contributed by atoms with Crippen LogP contribution in [0.3, 0.4) is 0 Å². The molecule has 0 N–H and O–H groups in total. The first kappa shape index (κ1) is 21.3. The first-order valence-corrected chi connectivity index (χ1v) is 16.3. The molecule has 1 rings (SSSR count). The average molecular weight is 488 g/mol. The van der Waals surface area contributed by atoms with Gasteiger partial charge in [0, 0.05) is 0 Å². The molecule has 4 heteroatoms. The van der Waals surface area contributed by atoms with Crippen molar-refractivity contribution in [1.82, 2.24) is 8.66 Å². The second-order valence-electron chi connectivity index (χ2n) is 6.26. The zero-order valence-corrected chi connectivity index (χ0v) is 20.2. The van der Waals surface area contributed by atoms with Gasteiger partial charge >= 0.3 is 151 Å². The van der Waals surface area contributed by atoms with E-state index in [4.69, 9.17) is 0 Å². The molecular formula is C19H39HfN3. The average Bonchev–Trinajstić information content (AvgIpc) is 3.07. The molecule has 0 radical (unpaired) electrons. The molecule has 1 aliphatic carbocycles. The number of nitrogens with zero attached hydrogens (tertiary/aromatic N) is 3. The van der Waals surface area contributed by atoms with Crippen molar-refractivity contribution in [2.24, 2.45) is 0 Å². The van der Waals surface area contributed by atoms with E-state index < -0.39 is 20.8 Å². The van der Waals surface area contributed by atoms with Crippen molar-refractivity contribution in [3.63, 3.8) is 0 Å². The molecule has 134 valence electrons. The predicted molar refractivity (Wildman–Crippen MR) is 100 cm³/mol. The maximum absolute atomic E-state index is 3.26. The van der Waals surface area contributed by atoms with Crippen molar-refractivity contribution >= 4 is 0 Å². The Bertz CT molecular complexity index is 350. The second-order valence-corrected chi connectivity index (χ2v) is 21.0. The molecule has 0 bridgehead atoms. The van der Waals surface area contributed by atoms with Gasteiger partial charge in [-0.15, -0.1) is 0 Å². The third kappa shape index (κ3) is 3.47. The van der Waals surface area contributed by atoms with Crippen LogP contribution in [-0.4, -0.2) is 47.9 Å². The Kier molecular flexibility index (Phi) is 8.92. The quantitative estimate of drug-likeness (QED) is 0.394. The first-order chi connectivity index (χ1) is 11.1. The van der Waals surface area contributed by atoms with Crippen LogP contribution in [0.2, 0.25) is 3.17 Å². The molecule has 0 aliphatic heterocycles. The molecule has 0 heterocycles. The summed E-state index contributed by atoms with van der Waals surface area (Å²) in [6, 6.07) is 0. The molecule has 23 heavy (non-hydrogen) atoms. The first-order valence-electron chi connectivity index (χ1n) is 9.70. The summed E-state index contributed by atoms with van der Waals surface area (Å²) in [5.74, 6) is 0. The number of hydrogen-bond donors (Lipinski definition) is 0. The molecule has 0 atom stereocenters. The van der Waals surface area contributed by atoms with Crippen LogP contribution in [0.4, 0.5) is 0 Å². The van der Waals surface area contributed by atoms with E-state index in [0.717, 1.165) is 39.3 Å². The zero-order chi connectivity index (χ0) is 17.5. The van der Waals surface area contributed by atoms with Crippen molar-refractivity contribution in [2.75, 3.05) is 39.3 Å². The molecule has 0 aromatic rings. The monoisotopic (exact) mass is 489 g/mol. The Morgan fingerprint density at radius 3 is 1.13 bits per heavy atom. The van der Waals surface area contributed by atoms with Crippen LogP contribution in [0, 0.1) is 0 Å². The molecule has 0 amide bonds. The van der Waals surface area contributed by atoms with Crippen molar-refractivity contribution in [2.45, 2.75) is 58.1 Å². The van der Waals surface area contributed by atoms with Gasteiger partial charge in [-0.3, -0.25) is 0 Å². The standard InChI is InChI=1S/C7H9.3C4H10N.Hf/c1-2-7-5-3-4-6-7;3*1-3-5-4-2;/h3-6H,2H2,1H3;3*3-4H2,1-2H3;/q;3*-1;+3. The summed E-state index contributed by atoms with van der Waals surface area (Å²) in [5.41, 5.74) is 0. The Morgan fingerprint density at radius 2 is 0.913 bits per heavy atom. The van der Waals surface area contributed by atoms with Crippen LogP contribution in [0.25, 0.3) is 0 Å². The Hall–Kier alpha value is 0.230. The minimum atomic E-state index is -3.26. The van der Waals surface area contributed by atoms with Gasteiger partial charge in [-0.05, 0) is 0 Å². The van der Waals surface area contributed by atoms with Gasteiger partial charge in [0.2, 0.25) is 0 Å². The van der Waals surface area contributed by atoms with E-state index in [1.165, 1.54) is 6.42 Å². The van der Waals surface area contributed by atoms with Crippen LogP contribution >= 0.6 is 0 Å². The van der Waals surface area contributed by atoms with Crippen LogP contribution in [0.15, 0.2) is 24.3 Å². The third-order valence-corrected chi connectivity index (χ3v) is 29.0. The van der Waals surface area contributed by atoms with Crippen LogP contribution < -0.4 is 0 Å². The van der Waals surface area contributed by atoms with Gasteiger partial charge in [-0.1, -0.05) is 0 Å². The van der Waals surface area contributed by atoms with Crippen molar-refractivity contribution in [3.05, 3.63) is 24.3 Å². The van der Waals surface area contributed by atoms with Crippen LogP contribution in [-0.2, 0) is 20.8 Å². The molecule has 0 unspecified atom stereocenters. The Morgan fingerprint density at radius 1 is 0.609 bits per heavy atom. The summed E-state index contributed by atoms with van der Waals surface area (Å²) in [4.78, 5) is 0. The third-order valence-electron chi connectivity index (χ3n) is 5.72. The number of allylic oxidation sites excluding steroid dienone is 4. The SMILES string of the molecule is CC[N](CC)[Hf]([N](CC)CC)([N](CC)CC)[C]1(CC)C=CC=C1. The predicted octanol–water partition coefficient (Wildman–Crippen LogP) is 4.61. The van der Waals surface area contributed by atoms with Gasteiger partial charge in [0.05, 0.1) is 0 Å². The summed E-state index contributed by atoms with van der Waals surface area (Å²) < 4.78 is 8.96. The van der Waals surface area contributed by atoms with Gasteiger partial charge in [-0.2, -0.15) is 0 Å². The molecular weight excluding hydrogens is 449 g/mol. The van der Waals surface area contributed by atoms with Gasteiger partial charge < -0.3 is 0 Å². The fourth-order valence-electron chi connectivity index (χ4n) is 4.68. The van der Waals surface area contributed by atoms with E-state index in [1.807, 2.05) is 0 Å². The van der Waals surface area contributed by atoms with Gasteiger partial charge in [0.25, 0.3) is 0 Å². The van der Waals surface area contributed by atoms with E-state index in [9.17, 15) is 0 Å². The topological polar surface area (TPSA) is 9.72 Å². The van der Waals surface area contributed by atoms with E-state index >= 15 is 0 Å². The van der Waals surface area contributed by atoms with Gasteiger partial charge in [0.1, 0.15) is 0 Å². The van der Waals surface area contributed by atoms with Gasteiger partial charge in [0.15, 0.2) is 0 Å². The Labute approximate surface area is 150 Å². The molecule has 0 aromatic carbocycles. The van der Waals surface area contributed by atoms with E-state index in [1.54, 1.807) is 0 Å². The normalized spacial score (nSPS) is 17.1. The molecule has 0 spiro atoms. The fourth-order valence-corrected chi connectivity index (χ4v) is 28.8. The van der Waals surface area contributed by atoms with E-state index in [2.05, 4.69) is 81.4 Å². The van der Waals surface area contributed by atoms with Crippen molar-refractivity contribution < 1.29 is 20.8 Å². The van der Waals surface area contributed by atoms with Gasteiger partial charge in [-0.25, -0.2) is 0 Å². The van der Waals surface area contributed by atoms with Crippen molar-refractivity contribution in [1.29, 1.82) is 0 Å². The Balaban J connectivity index is 3.70. The fraction of sp³-hybridized carbons (Fsp3) is 0.789. The summed E-state index contributed by atoms with van der Waals surface area (Å²) in [7, 11) is 0. The molecule has 0 saturated heterocycles. The summed E-state index contributed by atoms with van der Waals surface area (Å²) in [5, 5.41) is 0. The second kappa shape index (κ2) is 9.65. The molecule has 0 aromatic heterocycles. The van der Waals surface area contributed by atoms with Crippen LogP contribution in [0.5, 0.6) is 0 Å². The van der Waals surface area contributed by atoms with E-state index in [-0.39, 0.29) is 3.17 Å². The van der Waals surface area contributed by atoms with Crippen LogP contribution in [0.1, 0.15) is 54.9 Å². The number of rotatable bonds is 11. The molecule has 1 aliphatic rings. The zero-order valence-electron chi connectivity index (χ0n) is 16.6. The van der Waals surface area contributed by atoms with E-state index in [0.29, 0.717) is 0 Å².